The standard InChI is InChI=1S/C11H11F3N2O3/c1-10(15,11(12,13)14)9(17)16-6-2-3-7-8(4-6)19-5-18-7/h2-4H,5,15H2,1H3,(H,16,17). The number of fused-ring (bicyclic) bond motifs is 1. The van der Waals surface area contributed by atoms with Crippen LogP contribution < -0.4 is 20.5 Å². The number of alkyl halides is 3. The first kappa shape index (κ1) is 13.5. The summed E-state index contributed by atoms with van der Waals surface area (Å²) in [6, 6.07) is 4.25. The third-order valence-electron chi connectivity index (χ3n) is 2.69. The van der Waals surface area contributed by atoms with Gasteiger partial charge in [-0.15, -0.1) is 0 Å². The number of amides is 1. The molecule has 1 atom stereocenters. The Hall–Kier alpha value is -1.96. The zero-order valence-electron chi connectivity index (χ0n) is 9.88. The molecule has 0 aromatic heterocycles. The first-order chi connectivity index (χ1) is 8.72. The molecule has 1 amide bonds. The molecule has 0 saturated heterocycles. The van der Waals surface area contributed by atoms with Gasteiger partial charge in [-0.1, -0.05) is 0 Å². The van der Waals surface area contributed by atoms with Gasteiger partial charge in [0.25, 0.3) is 5.91 Å². The quantitative estimate of drug-likeness (QED) is 0.861. The topological polar surface area (TPSA) is 73.6 Å². The van der Waals surface area contributed by atoms with Gasteiger partial charge in [-0.05, 0) is 19.1 Å². The van der Waals surface area contributed by atoms with Gasteiger partial charge >= 0.3 is 6.18 Å². The smallest absolute Gasteiger partial charge is 0.415 e. The summed E-state index contributed by atoms with van der Waals surface area (Å²) < 4.78 is 47.8. The molecule has 0 radical (unpaired) electrons. The molecule has 1 unspecified atom stereocenters. The van der Waals surface area contributed by atoms with Gasteiger partial charge in [-0.2, -0.15) is 13.2 Å². The number of rotatable bonds is 2. The molecule has 104 valence electrons. The van der Waals surface area contributed by atoms with E-state index in [4.69, 9.17) is 15.2 Å². The number of nitrogens with two attached hydrogens (primary N) is 1. The molecule has 0 saturated carbocycles. The van der Waals surface area contributed by atoms with E-state index >= 15 is 0 Å². The Balaban J connectivity index is 2.16. The highest BCUT2D eigenvalue weighted by Crippen LogP contribution is 2.35. The molecule has 0 aliphatic carbocycles. The van der Waals surface area contributed by atoms with Crippen LogP contribution in [0.2, 0.25) is 0 Å². The average molecular weight is 276 g/mol. The van der Waals surface area contributed by atoms with Gasteiger partial charge in [0.1, 0.15) is 0 Å². The summed E-state index contributed by atoms with van der Waals surface area (Å²) in [7, 11) is 0. The molecule has 1 aromatic carbocycles. The van der Waals surface area contributed by atoms with Crippen LogP contribution in [0, 0.1) is 0 Å². The van der Waals surface area contributed by atoms with Crippen LogP contribution in [-0.2, 0) is 4.79 Å². The van der Waals surface area contributed by atoms with E-state index in [1.807, 2.05) is 0 Å². The second-order valence-corrected chi connectivity index (χ2v) is 4.22. The third kappa shape index (κ3) is 2.43. The van der Waals surface area contributed by atoms with Crippen molar-refractivity contribution in [2.45, 2.75) is 18.6 Å². The summed E-state index contributed by atoms with van der Waals surface area (Å²) in [4.78, 5) is 11.6. The summed E-state index contributed by atoms with van der Waals surface area (Å²) in [6.45, 7) is 0.638. The molecular weight excluding hydrogens is 265 g/mol. The molecule has 3 N–H and O–H groups in total. The van der Waals surface area contributed by atoms with Crippen molar-refractivity contribution in [1.29, 1.82) is 0 Å². The normalized spacial score (nSPS) is 16.9. The number of hydrogen-bond acceptors (Lipinski definition) is 4. The van der Waals surface area contributed by atoms with Crippen molar-refractivity contribution >= 4 is 11.6 Å². The largest absolute Gasteiger partial charge is 0.454 e. The van der Waals surface area contributed by atoms with Gasteiger partial charge in [0, 0.05) is 11.8 Å². The van der Waals surface area contributed by atoms with Gasteiger partial charge in [0.15, 0.2) is 17.0 Å². The van der Waals surface area contributed by atoms with E-state index in [9.17, 15) is 18.0 Å². The molecule has 5 nitrogen and oxygen atoms in total. The molecule has 1 aliphatic heterocycles. The lowest BCUT2D eigenvalue weighted by Gasteiger charge is -2.26. The lowest BCUT2D eigenvalue weighted by molar-refractivity contribution is -0.184. The monoisotopic (exact) mass is 276 g/mol. The van der Waals surface area contributed by atoms with Crippen LogP contribution in [0.1, 0.15) is 6.92 Å². The SMILES string of the molecule is CC(N)(C(=O)Nc1ccc2c(c1)OCO2)C(F)(F)F. The number of ether oxygens (including phenoxy) is 2. The first-order valence-electron chi connectivity index (χ1n) is 5.28. The highest BCUT2D eigenvalue weighted by atomic mass is 19.4. The fourth-order valence-corrected chi connectivity index (χ4v) is 1.36. The minimum Gasteiger partial charge on any atom is -0.454 e. The lowest BCUT2D eigenvalue weighted by atomic mass is 10.0. The maximum absolute atomic E-state index is 12.6. The summed E-state index contributed by atoms with van der Waals surface area (Å²) in [5, 5.41) is 2.10. The highest BCUT2D eigenvalue weighted by Gasteiger charge is 2.54. The van der Waals surface area contributed by atoms with Gasteiger partial charge in [0.05, 0.1) is 0 Å². The Kier molecular flexibility index (Phi) is 3.05. The molecule has 1 heterocycles. The first-order valence-corrected chi connectivity index (χ1v) is 5.28. The van der Waals surface area contributed by atoms with Gasteiger partial charge in [0.2, 0.25) is 6.79 Å². The van der Waals surface area contributed by atoms with Crippen LogP contribution in [0.25, 0.3) is 0 Å². The zero-order valence-corrected chi connectivity index (χ0v) is 9.88. The maximum Gasteiger partial charge on any atom is 0.415 e. The van der Waals surface area contributed by atoms with Crippen molar-refractivity contribution in [3.63, 3.8) is 0 Å². The molecule has 1 aromatic rings. The van der Waals surface area contributed by atoms with Crippen LogP contribution in [-0.4, -0.2) is 24.4 Å². The minimum absolute atomic E-state index is 0.0316. The minimum atomic E-state index is -4.84. The van der Waals surface area contributed by atoms with Crippen LogP contribution in [0.3, 0.4) is 0 Å². The Morgan fingerprint density at radius 2 is 1.95 bits per heavy atom. The van der Waals surface area contributed by atoms with Crippen molar-refractivity contribution in [1.82, 2.24) is 0 Å². The van der Waals surface area contributed by atoms with E-state index in [1.54, 1.807) is 0 Å². The molecule has 0 spiro atoms. The molecule has 19 heavy (non-hydrogen) atoms. The fourth-order valence-electron chi connectivity index (χ4n) is 1.36. The van der Waals surface area contributed by atoms with E-state index < -0.39 is 17.6 Å². The highest BCUT2D eigenvalue weighted by molar-refractivity contribution is 5.98. The summed E-state index contributed by atoms with van der Waals surface area (Å²) in [6.07, 6.45) is -4.84. The van der Waals surface area contributed by atoms with E-state index in [1.165, 1.54) is 18.2 Å². The Bertz CT molecular complexity index is 514. The molecule has 8 heteroatoms. The number of hydrogen-bond donors (Lipinski definition) is 2. The Labute approximate surface area is 106 Å². The van der Waals surface area contributed by atoms with Crippen LogP contribution >= 0.6 is 0 Å². The predicted molar refractivity (Wildman–Crippen MR) is 59.8 cm³/mol. The predicted octanol–water partition coefficient (Wildman–Crippen LogP) is 1.63. The molecule has 2 rings (SSSR count). The van der Waals surface area contributed by atoms with E-state index in [0.717, 1.165) is 0 Å². The zero-order chi connectivity index (χ0) is 14.3. The van der Waals surface area contributed by atoms with Crippen LogP contribution in [0.4, 0.5) is 18.9 Å². The van der Waals surface area contributed by atoms with Crippen molar-refractivity contribution in [2.75, 3.05) is 12.1 Å². The number of anilines is 1. The maximum atomic E-state index is 12.6. The lowest BCUT2D eigenvalue weighted by Crippen LogP contribution is -2.59. The Morgan fingerprint density at radius 3 is 2.58 bits per heavy atom. The van der Waals surface area contributed by atoms with Gasteiger partial charge < -0.3 is 20.5 Å². The van der Waals surface area contributed by atoms with E-state index in [2.05, 4.69) is 5.32 Å². The third-order valence-corrected chi connectivity index (χ3v) is 2.69. The van der Waals surface area contributed by atoms with Crippen molar-refractivity contribution in [2.24, 2.45) is 5.73 Å². The molecule has 0 bridgehead atoms. The van der Waals surface area contributed by atoms with Gasteiger partial charge in [-0.25, -0.2) is 0 Å². The van der Waals surface area contributed by atoms with Crippen molar-refractivity contribution in [3.8, 4) is 11.5 Å². The number of carbonyl (C=O) groups excluding carboxylic acids is 1. The second kappa shape index (κ2) is 4.30. The van der Waals surface area contributed by atoms with Crippen LogP contribution in [0.15, 0.2) is 18.2 Å². The van der Waals surface area contributed by atoms with Crippen LogP contribution in [0.5, 0.6) is 11.5 Å². The number of halogens is 3. The Morgan fingerprint density at radius 1 is 1.32 bits per heavy atom. The molecule has 0 fully saturated rings. The summed E-state index contributed by atoms with van der Waals surface area (Å²) >= 11 is 0. The fraction of sp³-hybridized carbons (Fsp3) is 0.364. The van der Waals surface area contributed by atoms with Crippen molar-refractivity contribution in [3.05, 3.63) is 18.2 Å². The molecular formula is C11H11F3N2O3. The van der Waals surface area contributed by atoms with E-state index in [-0.39, 0.29) is 12.5 Å². The van der Waals surface area contributed by atoms with Crippen molar-refractivity contribution < 1.29 is 27.4 Å². The number of benzene rings is 1. The summed E-state index contributed by atoms with van der Waals surface area (Å²) in [5.41, 5.74) is 2.18. The van der Waals surface area contributed by atoms with E-state index in [0.29, 0.717) is 18.4 Å². The number of nitrogens with one attached hydrogen (secondary N) is 1. The number of carbonyl (C=O) groups is 1. The van der Waals surface area contributed by atoms with Gasteiger partial charge in [-0.3, -0.25) is 4.79 Å². The molecule has 1 aliphatic rings. The average Bonchev–Trinajstić information content (AvgIpc) is 2.74. The summed E-state index contributed by atoms with van der Waals surface area (Å²) in [5.74, 6) is -0.535. The second-order valence-electron chi connectivity index (χ2n) is 4.22.